The number of methoxy groups -OCH3 is 1. The Balaban J connectivity index is 2.11. The Bertz CT molecular complexity index is 475. The van der Waals surface area contributed by atoms with Crippen LogP contribution in [0.2, 0.25) is 5.02 Å². The van der Waals surface area contributed by atoms with Crippen molar-refractivity contribution in [3.63, 3.8) is 0 Å². The molecule has 1 aromatic heterocycles. The SMILES string of the molecule is CCn1ncc(NC2CCC(OC)C2)c(Cl)c1=O. The molecule has 100 valence electrons. The molecule has 18 heavy (non-hydrogen) atoms. The van der Waals surface area contributed by atoms with Crippen LogP contribution in [0.4, 0.5) is 5.69 Å². The number of ether oxygens (including phenoxy) is 1. The van der Waals surface area contributed by atoms with Crippen molar-refractivity contribution in [1.82, 2.24) is 9.78 Å². The molecule has 2 atom stereocenters. The summed E-state index contributed by atoms with van der Waals surface area (Å²) in [5.41, 5.74) is 0.374. The van der Waals surface area contributed by atoms with Gasteiger partial charge in [0, 0.05) is 19.7 Å². The molecule has 5 nitrogen and oxygen atoms in total. The van der Waals surface area contributed by atoms with Gasteiger partial charge in [-0.1, -0.05) is 11.6 Å². The molecular weight excluding hydrogens is 254 g/mol. The Hall–Kier alpha value is -1.07. The normalized spacial score (nSPS) is 23.3. The second-order valence-electron chi connectivity index (χ2n) is 4.51. The van der Waals surface area contributed by atoms with E-state index in [0.717, 1.165) is 19.3 Å². The maximum atomic E-state index is 11.8. The molecule has 1 aliphatic carbocycles. The molecule has 0 saturated heterocycles. The molecular formula is C12H18ClN3O2. The fourth-order valence-electron chi connectivity index (χ4n) is 2.30. The van der Waals surface area contributed by atoms with E-state index in [-0.39, 0.29) is 10.6 Å². The molecule has 0 bridgehead atoms. The van der Waals surface area contributed by atoms with Gasteiger partial charge in [-0.05, 0) is 26.2 Å². The predicted molar refractivity (Wildman–Crippen MR) is 71.2 cm³/mol. The third-order valence-corrected chi connectivity index (χ3v) is 3.73. The second kappa shape index (κ2) is 5.71. The second-order valence-corrected chi connectivity index (χ2v) is 4.88. The minimum atomic E-state index is -0.245. The van der Waals surface area contributed by atoms with Crippen molar-refractivity contribution in [1.29, 1.82) is 0 Å². The van der Waals surface area contributed by atoms with Crippen LogP contribution in [-0.2, 0) is 11.3 Å². The molecule has 0 amide bonds. The third kappa shape index (κ3) is 2.67. The molecule has 1 aliphatic rings. The Labute approximate surface area is 111 Å². The molecule has 0 spiro atoms. The quantitative estimate of drug-likeness (QED) is 0.909. The molecule has 1 fully saturated rings. The van der Waals surface area contributed by atoms with Gasteiger partial charge in [-0.3, -0.25) is 4.79 Å². The van der Waals surface area contributed by atoms with Crippen molar-refractivity contribution >= 4 is 17.3 Å². The Morgan fingerprint density at radius 2 is 2.39 bits per heavy atom. The summed E-state index contributed by atoms with van der Waals surface area (Å²) in [5.74, 6) is 0. The van der Waals surface area contributed by atoms with Crippen LogP contribution < -0.4 is 10.9 Å². The molecule has 1 heterocycles. The first-order chi connectivity index (χ1) is 8.65. The highest BCUT2D eigenvalue weighted by molar-refractivity contribution is 6.32. The number of halogens is 1. The number of nitrogens with one attached hydrogen (secondary N) is 1. The van der Waals surface area contributed by atoms with E-state index < -0.39 is 0 Å². The molecule has 2 rings (SSSR count). The summed E-state index contributed by atoms with van der Waals surface area (Å²) in [5, 5.41) is 7.56. The summed E-state index contributed by atoms with van der Waals surface area (Å²) in [4.78, 5) is 11.8. The van der Waals surface area contributed by atoms with Crippen molar-refractivity contribution in [2.75, 3.05) is 12.4 Å². The van der Waals surface area contributed by atoms with E-state index in [1.807, 2.05) is 6.92 Å². The van der Waals surface area contributed by atoms with Crippen molar-refractivity contribution in [3.05, 3.63) is 21.6 Å². The van der Waals surface area contributed by atoms with Crippen LogP contribution in [0.25, 0.3) is 0 Å². The number of aryl methyl sites for hydroxylation is 1. The van der Waals surface area contributed by atoms with E-state index in [4.69, 9.17) is 16.3 Å². The lowest BCUT2D eigenvalue weighted by atomic mass is 10.2. The van der Waals surface area contributed by atoms with Crippen molar-refractivity contribution in [2.45, 2.75) is 44.9 Å². The summed E-state index contributed by atoms with van der Waals surface area (Å²) in [6.45, 7) is 2.38. The Morgan fingerprint density at radius 3 is 3.00 bits per heavy atom. The zero-order chi connectivity index (χ0) is 13.1. The Kier molecular flexibility index (Phi) is 4.24. The van der Waals surface area contributed by atoms with E-state index in [0.29, 0.717) is 24.4 Å². The number of anilines is 1. The van der Waals surface area contributed by atoms with Gasteiger partial charge in [0.05, 0.1) is 18.0 Å². The first kappa shape index (κ1) is 13.4. The first-order valence-corrected chi connectivity index (χ1v) is 6.58. The molecule has 1 saturated carbocycles. The largest absolute Gasteiger partial charge is 0.381 e. The summed E-state index contributed by atoms with van der Waals surface area (Å²) in [7, 11) is 1.73. The summed E-state index contributed by atoms with van der Waals surface area (Å²) in [6, 6.07) is 0.297. The van der Waals surface area contributed by atoms with Gasteiger partial charge < -0.3 is 10.1 Å². The molecule has 1 N–H and O–H groups in total. The van der Waals surface area contributed by atoms with Crippen LogP contribution in [0.1, 0.15) is 26.2 Å². The molecule has 2 unspecified atom stereocenters. The van der Waals surface area contributed by atoms with Gasteiger partial charge in [0.1, 0.15) is 5.02 Å². The van der Waals surface area contributed by atoms with E-state index in [9.17, 15) is 4.79 Å². The van der Waals surface area contributed by atoms with Crippen LogP contribution in [0, 0.1) is 0 Å². The number of nitrogens with zero attached hydrogens (tertiary/aromatic N) is 2. The first-order valence-electron chi connectivity index (χ1n) is 6.20. The molecule has 0 radical (unpaired) electrons. The molecule has 1 aromatic rings. The van der Waals surface area contributed by atoms with Crippen LogP contribution in [-0.4, -0.2) is 29.0 Å². The average molecular weight is 272 g/mol. The highest BCUT2D eigenvalue weighted by Crippen LogP contribution is 2.26. The fraction of sp³-hybridized carbons (Fsp3) is 0.667. The van der Waals surface area contributed by atoms with Gasteiger partial charge in [0.2, 0.25) is 0 Å². The zero-order valence-electron chi connectivity index (χ0n) is 10.6. The van der Waals surface area contributed by atoms with Crippen molar-refractivity contribution < 1.29 is 4.74 Å². The van der Waals surface area contributed by atoms with Crippen LogP contribution in [0.5, 0.6) is 0 Å². The van der Waals surface area contributed by atoms with Crippen LogP contribution >= 0.6 is 11.6 Å². The minimum Gasteiger partial charge on any atom is -0.381 e. The van der Waals surface area contributed by atoms with Crippen LogP contribution in [0.3, 0.4) is 0 Å². The maximum absolute atomic E-state index is 11.8. The van der Waals surface area contributed by atoms with Gasteiger partial charge in [-0.25, -0.2) is 4.68 Å². The lowest BCUT2D eigenvalue weighted by Crippen LogP contribution is -2.25. The molecule has 0 aromatic carbocycles. The average Bonchev–Trinajstić information content (AvgIpc) is 2.83. The van der Waals surface area contributed by atoms with Crippen molar-refractivity contribution in [3.8, 4) is 0 Å². The zero-order valence-corrected chi connectivity index (χ0v) is 11.4. The smallest absolute Gasteiger partial charge is 0.287 e. The number of aromatic nitrogens is 2. The van der Waals surface area contributed by atoms with Gasteiger partial charge in [-0.15, -0.1) is 0 Å². The highest BCUT2D eigenvalue weighted by Gasteiger charge is 2.25. The highest BCUT2D eigenvalue weighted by atomic mass is 35.5. The van der Waals surface area contributed by atoms with E-state index in [1.54, 1.807) is 13.3 Å². The monoisotopic (exact) mass is 271 g/mol. The van der Waals surface area contributed by atoms with Gasteiger partial charge >= 0.3 is 0 Å². The minimum absolute atomic E-state index is 0.215. The van der Waals surface area contributed by atoms with Gasteiger partial charge in [0.15, 0.2) is 0 Å². The topological polar surface area (TPSA) is 56.1 Å². The standard InChI is InChI=1S/C12H18ClN3O2/c1-3-16-12(17)11(13)10(7-14-16)15-8-4-5-9(6-8)18-2/h7-9,15H,3-6H2,1-2H3. The van der Waals surface area contributed by atoms with Gasteiger partial charge in [-0.2, -0.15) is 5.10 Å². The lowest BCUT2D eigenvalue weighted by molar-refractivity contribution is 0.108. The number of hydrogen-bond acceptors (Lipinski definition) is 4. The number of rotatable bonds is 4. The molecule has 6 heteroatoms. The third-order valence-electron chi connectivity index (χ3n) is 3.36. The van der Waals surface area contributed by atoms with Crippen molar-refractivity contribution in [2.24, 2.45) is 0 Å². The van der Waals surface area contributed by atoms with E-state index in [2.05, 4.69) is 10.4 Å². The number of hydrogen-bond donors (Lipinski definition) is 1. The summed E-state index contributed by atoms with van der Waals surface area (Å²) < 4.78 is 6.66. The lowest BCUT2D eigenvalue weighted by Gasteiger charge is -2.15. The van der Waals surface area contributed by atoms with E-state index in [1.165, 1.54) is 4.68 Å². The summed E-state index contributed by atoms with van der Waals surface area (Å²) in [6.07, 6.45) is 4.90. The Morgan fingerprint density at radius 1 is 1.61 bits per heavy atom. The van der Waals surface area contributed by atoms with Gasteiger partial charge in [0.25, 0.3) is 5.56 Å². The molecule has 0 aliphatic heterocycles. The predicted octanol–water partition coefficient (Wildman–Crippen LogP) is 1.90. The fourth-order valence-corrected chi connectivity index (χ4v) is 2.50. The maximum Gasteiger partial charge on any atom is 0.287 e. The summed E-state index contributed by atoms with van der Waals surface area (Å²) >= 11 is 6.06. The van der Waals surface area contributed by atoms with E-state index >= 15 is 0 Å². The van der Waals surface area contributed by atoms with Crippen LogP contribution in [0.15, 0.2) is 11.0 Å².